The average Bonchev–Trinajstić information content (AvgIpc) is 3.26. The van der Waals surface area contributed by atoms with Crippen LogP contribution in [0.3, 0.4) is 0 Å². The summed E-state index contributed by atoms with van der Waals surface area (Å²) in [6.45, 7) is 3.71. The molecule has 0 aliphatic carbocycles. The molecule has 0 amide bonds. The molecular formula is C22H34N4O4. The smallest absolute Gasteiger partial charge is 0.109 e. The summed E-state index contributed by atoms with van der Waals surface area (Å²) in [5.74, 6) is 0. The molecule has 0 unspecified atom stereocenters. The Bertz CT molecular complexity index is 771. The van der Waals surface area contributed by atoms with Crippen molar-refractivity contribution >= 4 is 5.69 Å². The summed E-state index contributed by atoms with van der Waals surface area (Å²) in [6.07, 6.45) is 4.49. The Balaban J connectivity index is 1.33. The lowest BCUT2D eigenvalue weighted by Crippen LogP contribution is -2.62. The monoisotopic (exact) mass is 418 g/mol. The number of nitrogens with zero attached hydrogens (tertiary/aromatic N) is 3. The molecule has 3 rings (SSSR count). The third kappa shape index (κ3) is 5.59. The number of aliphatic hydroxyl groups is 4. The van der Waals surface area contributed by atoms with Gasteiger partial charge in [-0.25, -0.2) is 4.68 Å². The van der Waals surface area contributed by atoms with Gasteiger partial charge in [0.05, 0.1) is 24.4 Å². The van der Waals surface area contributed by atoms with Crippen molar-refractivity contribution in [2.45, 2.75) is 57.0 Å². The van der Waals surface area contributed by atoms with E-state index in [0.29, 0.717) is 6.54 Å². The van der Waals surface area contributed by atoms with Crippen LogP contribution in [0.1, 0.15) is 31.2 Å². The zero-order valence-electron chi connectivity index (χ0n) is 17.6. The predicted octanol–water partition coefficient (Wildman–Crippen LogP) is 0.912. The van der Waals surface area contributed by atoms with Gasteiger partial charge in [-0.15, -0.1) is 0 Å². The highest BCUT2D eigenvalue weighted by Gasteiger charge is 2.40. The molecule has 2 aromatic rings. The molecule has 0 spiro atoms. The number of anilines is 1. The number of hydrogen-bond acceptors (Lipinski definition) is 7. The summed E-state index contributed by atoms with van der Waals surface area (Å²) in [7, 11) is 0. The Kier molecular flexibility index (Phi) is 8.24. The molecule has 4 atom stereocenters. The van der Waals surface area contributed by atoms with E-state index in [4.69, 9.17) is 0 Å². The van der Waals surface area contributed by atoms with Crippen molar-refractivity contribution < 1.29 is 20.4 Å². The summed E-state index contributed by atoms with van der Waals surface area (Å²) in [5, 5.41) is 46.9. The van der Waals surface area contributed by atoms with Gasteiger partial charge in [0.2, 0.25) is 0 Å². The second-order valence-electron chi connectivity index (χ2n) is 8.09. The van der Waals surface area contributed by atoms with Gasteiger partial charge >= 0.3 is 0 Å². The molecule has 8 nitrogen and oxygen atoms in total. The van der Waals surface area contributed by atoms with E-state index in [1.807, 2.05) is 21.8 Å². The number of aryl methyl sites for hydroxylation is 1. The highest BCUT2D eigenvalue weighted by Crippen LogP contribution is 2.20. The Hall–Kier alpha value is -1.97. The van der Waals surface area contributed by atoms with Gasteiger partial charge in [-0.05, 0) is 56.1 Å². The molecule has 0 radical (unpaired) electrons. The molecule has 1 aliphatic heterocycles. The summed E-state index contributed by atoms with van der Waals surface area (Å²) >= 11 is 0. The number of aliphatic hydroxyl groups excluding tert-OH is 4. The van der Waals surface area contributed by atoms with E-state index in [0.717, 1.165) is 49.2 Å². The summed E-state index contributed by atoms with van der Waals surface area (Å²) in [5.41, 5.74) is 3.34. The number of piperidine rings is 1. The molecule has 166 valence electrons. The van der Waals surface area contributed by atoms with Gasteiger partial charge < -0.3 is 25.7 Å². The minimum Gasteiger partial charge on any atom is -0.395 e. The lowest BCUT2D eigenvalue weighted by Gasteiger charge is -2.43. The van der Waals surface area contributed by atoms with Gasteiger partial charge in [-0.1, -0.05) is 12.8 Å². The first-order valence-electron chi connectivity index (χ1n) is 10.7. The van der Waals surface area contributed by atoms with Crippen LogP contribution in [0.4, 0.5) is 5.69 Å². The first-order valence-corrected chi connectivity index (χ1v) is 10.7. The molecule has 1 aromatic heterocycles. The number of likely N-dealkylation sites (tertiary alicyclic amines) is 1. The molecule has 1 fully saturated rings. The number of β-amino-alcohol motifs (C(OH)–C–C–N with tert-alkyl or cyclic N) is 1. The number of nitrogens with one attached hydrogen (secondary N) is 1. The van der Waals surface area contributed by atoms with Crippen molar-refractivity contribution in [1.82, 2.24) is 14.7 Å². The maximum atomic E-state index is 10.0. The topological polar surface area (TPSA) is 114 Å². The van der Waals surface area contributed by atoms with Gasteiger partial charge in [0.1, 0.15) is 12.2 Å². The predicted molar refractivity (Wildman–Crippen MR) is 116 cm³/mol. The number of benzene rings is 1. The standard InChI is InChI=1S/C22H34N4O4/c1-16-13-17(7-8-18(16)26-12-6-10-24-26)23-9-4-2-3-5-11-25-14-20(28)22(30)21(29)19(25)15-27/h6-8,10,12-13,19-23,27-30H,2-5,9,11,14-15H2,1H3/t19-,20+,21-,22-/m1/s1. The number of rotatable bonds is 10. The fraction of sp³-hybridized carbons (Fsp3) is 0.591. The van der Waals surface area contributed by atoms with Crippen LogP contribution >= 0.6 is 0 Å². The second kappa shape index (κ2) is 10.9. The van der Waals surface area contributed by atoms with Crippen LogP contribution in [-0.4, -0.2) is 85.7 Å². The molecule has 0 bridgehead atoms. The van der Waals surface area contributed by atoms with Crippen molar-refractivity contribution in [3.63, 3.8) is 0 Å². The fourth-order valence-electron chi connectivity index (χ4n) is 4.10. The molecule has 30 heavy (non-hydrogen) atoms. The third-order valence-electron chi connectivity index (χ3n) is 5.87. The zero-order valence-corrected chi connectivity index (χ0v) is 17.6. The lowest BCUT2D eigenvalue weighted by molar-refractivity contribution is -0.145. The van der Waals surface area contributed by atoms with Crippen molar-refractivity contribution in [1.29, 1.82) is 0 Å². The van der Waals surface area contributed by atoms with Crippen LogP contribution in [0.2, 0.25) is 0 Å². The molecule has 2 heterocycles. The molecule has 1 aromatic carbocycles. The fourth-order valence-corrected chi connectivity index (χ4v) is 4.10. The number of unbranched alkanes of at least 4 members (excludes halogenated alkanes) is 3. The molecule has 1 aliphatic rings. The Labute approximate surface area is 177 Å². The van der Waals surface area contributed by atoms with Crippen LogP contribution < -0.4 is 5.32 Å². The average molecular weight is 419 g/mol. The van der Waals surface area contributed by atoms with Gasteiger partial charge in [0, 0.05) is 31.2 Å². The zero-order chi connectivity index (χ0) is 21.5. The maximum absolute atomic E-state index is 10.0. The van der Waals surface area contributed by atoms with Crippen LogP contribution in [0.5, 0.6) is 0 Å². The van der Waals surface area contributed by atoms with Crippen molar-refractivity contribution in [3.8, 4) is 5.69 Å². The lowest BCUT2D eigenvalue weighted by atomic mass is 9.94. The van der Waals surface area contributed by atoms with Gasteiger partial charge in [-0.3, -0.25) is 4.90 Å². The summed E-state index contributed by atoms with van der Waals surface area (Å²) in [4.78, 5) is 1.88. The summed E-state index contributed by atoms with van der Waals surface area (Å²) < 4.78 is 1.86. The van der Waals surface area contributed by atoms with Crippen LogP contribution in [0.15, 0.2) is 36.7 Å². The Morgan fingerprint density at radius 2 is 1.90 bits per heavy atom. The third-order valence-corrected chi connectivity index (χ3v) is 5.87. The van der Waals surface area contributed by atoms with Gasteiger partial charge in [-0.2, -0.15) is 5.10 Å². The quantitative estimate of drug-likeness (QED) is 0.365. The SMILES string of the molecule is Cc1cc(NCCCCCCN2C[C@H](O)[C@@H](O)[C@H](O)[C@H]2CO)ccc1-n1cccn1. The van der Waals surface area contributed by atoms with E-state index in [9.17, 15) is 20.4 Å². The van der Waals surface area contributed by atoms with E-state index >= 15 is 0 Å². The van der Waals surface area contributed by atoms with E-state index < -0.39 is 24.4 Å². The Morgan fingerprint density at radius 3 is 2.60 bits per heavy atom. The largest absolute Gasteiger partial charge is 0.395 e. The first kappa shape index (κ1) is 22.7. The Morgan fingerprint density at radius 1 is 1.10 bits per heavy atom. The van der Waals surface area contributed by atoms with Crippen molar-refractivity contribution in [2.75, 3.05) is 31.6 Å². The molecule has 0 saturated carbocycles. The normalized spacial score (nSPS) is 24.8. The number of hydrogen-bond donors (Lipinski definition) is 5. The maximum Gasteiger partial charge on any atom is 0.109 e. The van der Waals surface area contributed by atoms with Crippen LogP contribution in [0.25, 0.3) is 5.69 Å². The van der Waals surface area contributed by atoms with E-state index in [1.165, 1.54) is 0 Å². The van der Waals surface area contributed by atoms with E-state index in [1.54, 1.807) is 6.20 Å². The first-order chi connectivity index (χ1) is 14.5. The van der Waals surface area contributed by atoms with Crippen LogP contribution in [0, 0.1) is 6.92 Å². The van der Waals surface area contributed by atoms with Crippen LogP contribution in [-0.2, 0) is 0 Å². The summed E-state index contributed by atoms with van der Waals surface area (Å²) in [6, 6.07) is 7.67. The highest BCUT2D eigenvalue weighted by molar-refractivity contribution is 5.53. The number of aromatic nitrogens is 2. The second-order valence-corrected chi connectivity index (χ2v) is 8.09. The molecule has 1 saturated heterocycles. The molecule has 5 N–H and O–H groups in total. The molecule has 8 heteroatoms. The van der Waals surface area contributed by atoms with E-state index in [-0.39, 0.29) is 13.2 Å². The van der Waals surface area contributed by atoms with Crippen molar-refractivity contribution in [3.05, 3.63) is 42.2 Å². The van der Waals surface area contributed by atoms with Crippen molar-refractivity contribution in [2.24, 2.45) is 0 Å². The van der Waals surface area contributed by atoms with Gasteiger partial charge in [0.25, 0.3) is 0 Å². The molecular weight excluding hydrogens is 384 g/mol. The van der Waals surface area contributed by atoms with E-state index in [2.05, 4.69) is 35.5 Å². The van der Waals surface area contributed by atoms with Gasteiger partial charge in [0.15, 0.2) is 0 Å². The highest BCUT2D eigenvalue weighted by atomic mass is 16.4. The minimum atomic E-state index is -1.19. The minimum absolute atomic E-state index is 0.229.